The average molecular weight is 256 g/mol. The third kappa shape index (κ3) is 5.18. The van der Waals surface area contributed by atoms with Crippen LogP contribution in [0, 0.1) is 18.3 Å². The predicted octanol–water partition coefficient (Wildman–Crippen LogP) is 2.16. The molecule has 0 heterocycles. The Balaban J connectivity index is 2.37. The summed E-state index contributed by atoms with van der Waals surface area (Å²) in [5.41, 5.74) is 0.920. The van der Waals surface area contributed by atoms with Gasteiger partial charge in [0.25, 0.3) is 0 Å². The summed E-state index contributed by atoms with van der Waals surface area (Å²) in [7, 11) is -0.649. The molecule has 2 heteroatoms. The van der Waals surface area contributed by atoms with E-state index in [4.69, 9.17) is 10.8 Å². The highest BCUT2D eigenvalue weighted by Crippen LogP contribution is 2.09. The van der Waals surface area contributed by atoms with Crippen LogP contribution in [0.1, 0.15) is 18.4 Å². The molecule has 0 bridgehead atoms. The summed E-state index contributed by atoms with van der Waals surface area (Å²) in [5, 5.41) is 1.28. The average Bonchev–Trinajstić information content (AvgIpc) is 2.40. The molecule has 0 amide bonds. The smallest absolute Gasteiger partial charge is 0.192 e. The van der Waals surface area contributed by atoms with Gasteiger partial charge in [0, 0.05) is 12.2 Å². The van der Waals surface area contributed by atoms with E-state index in [-0.39, 0.29) is 0 Å². The van der Waals surface area contributed by atoms with Crippen molar-refractivity contribution in [2.24, 2.45) is 5.92 Å². The molecule has 0 aromatic heterocycles. The lowest BCUT2D eigenvalue weighted by atomic mass is 10.0. The summed E-state index contributed by atoms with van der Waals surface area (Å²) in [6.45, 7) is 8.33. The molecule has 94 valence electrons. The second kappa shape index (κ2) is 8.52. The van der Waals surface area contributed by atoms with Crippen molar-refractivity contribution in [1.82, 2.24) is 0 Å². The molecular weight excluding hydrogens is 236 g/mol. The van der Waals surface area contributed by atoms with Gasteiger partial charge in [0.05, 0.1) is 0 Å². The van der Waals surface area contributed by atoms with E-state index in [9.17, 15) is 0 Å². The third-order valence-corrected chi connectivity index (χ3v) is 3.99. The van der Waals surface area contributed by atoms with Gasteiger partial charge in [0.2, 0.25) is 0 Å². The molecule has 1 nitrogen and oxygen atoms in total. The van der Waals surface area contributed by atoms with Crippen molar-refractivity contribution in [3.05, 3.63) is 55.1 Å². The summed E-state index contributed by atoms with van der Waals surface area (Å²) in [4.78, 5) is 0. The first-order chi connectivity index (χ1) is 8.80. The van der Waals surface area contributed by atoms with Gasteiger partial charge in [-0.3, -0.25) is 0 Å². The van der Waals surface area contributed by atoms with Gasteiger partial charge >= 0.3 is 0 Å². The van der Waals surface area contributed by atoms with Gasteiger partial charge in [-0.1, -0.05) is 30.2 Å². The zero-order valence-electron chi connectivity index (χ0n) is 10.8. The Morgan fingerprint density at radius 2 is 1.83 bits per heavy atom. The normalized spacial score (nSPS) is 10.7. The molecule has 0 saturated heterocycles. The van der Waals surface area contributed by atoms with Gasteiger partial charge in [-0.2, -0.15) is 0 Å². The van der Waals surface area contributed by atoms with Crippen LogP contribution in [0.4, 0.5) is 0 Å². The van der Waals surface area contributed by atoms with Crippen LogP contribution in [0.3, 0.4) is 0 Å². The molecule has 0 spiro atoms. The topological polar surface area (TPSA) is 9.23 Å². The summed E-state index contributed by atoms with van der Waals surface area (Å²) >= 11 is 0. The molecule has 1 aromatic carbocycles. The minimum Gasteiger partial charge on any atom is -0.418 e. The first-order valence-electron chi connectivity index (χ1n) is 6.15. The number of terminal acetylenes is 1. The Morgan fingerprint density at radius 3 is 2.33 bits per heavy atom. The molecule has 0 saturated carbocycles. The minimum absolute atomic E-state index is 0.512. The molecule has 0 atom stereocenters. The SMILES string of the molecule is C#Cc1ccc([SiH2]OCC(CC=C)CC=C)cc1. The van der Waals surface area contributed by atoms with E-state index in [0.717, 1.165) is 25.0 Å². The molecular formula is C16H20OSi. The van der Waals surface area contributed by atoms with E-state index in [1.807, 2.05) is 24.3 Å². The summed E-state index contributed by atoms with van der Waals surface area (Å²) in [5.74, 6) is 3.13. The lowest BCUT2D eigenvalue weighted by Gasteiger charge is -2.13. The van der Waals surface area contributed by atoms with E-state index in [2.05, 4.69) is 31.2 Å². The van der Waals surface area contributed by atoms with E-state index < -0.39 is 9.76 Å². The van der Waals surface area contributed by atoms with Crippen LogP contribution < -0.4 is 5.19 Å². The van der Waals surface area contributed by atoms with Crippen molar-refractivity contribution in [1.29, 1.82) is 0 Å². The number of rotatable bonds is 8. The van der Waals surface area contributed by atoms with Crippen molar-refractivity contribution >= 4 is 14.9 Å². The molecule has 0 unspecified atom stereocenters. The highest BCUT2D eigenvalue weighted by molar-refractivity contribution is 6.46. The molecule has 0 aliphatic rings. The van der Waals surface area contributed by atoms with Crippen LogP contribution in [-0.4, -0.2) is 16.4 Å². The summed E-state index contributed by atoms with van der Waals surface area (Å²) in [6.07, 6.45) is 11.2. The maximum atomic E-state index is 5.85. The number of hydrogen-bond acceptors (Lipinski definition) is 1. The first-order valence-corrected chi connectivity index (χ1v) is 7.43. The zero-order chi connectivity index (χ0) is 13.2. The molecule has 0 N–H and O–H groups in total. The Labute approximate surface area is 113 Å². The minimum atomic E-state index is -0.649. The quantitative estimate of drug-likeness (QED) is 0.393. The van der Waals surface area contributed by atoms with Crippen LogP contribution >= 0.6 is 0 Å². The van der Waals surface area contributed by atoms with Crippen LogP contribution in [0.15, 0.2) is 49.6 Å². The number of hydrogen-bond donors (Lipinski definition) is 0. The largest absolute Gasteiger partial charge is 0.418 e. The third-order valence-electron chi connectivity index (χ3n) is 2.74. The molecule has 0 radical (unpaired) electrons. The van der Waals surface area contributed by atoms with E-state index >= 15 is 0 Å². The van der Waals surface area contributed by atoms with E-state index in [1.165, 1.54) is 5.19 Å². The molecule has 0 aliphatic carbocycles. The lowest BCUT2D eigenvalue weighted by molar-refractivity contribution is 0.266. The lowest BCUT2D eigenvalue weighted by Crippen LogP contribution is -2.20. The van der Waals surface area contributed by atoms with Crippen LogP contribution in [0.25, 0.3) is 0 Å². The van der Waals surface area contributed by atoms with Crippen LogP contribution in [0.5, 0.6) is 0 Å². The van der Waals surface area contributed by atoms with Crippen molar-refractivity contribution in [2.75, 3.05) is 6.61 Å². The van der Waals surface area contributed by atoms with Gasteiger partial charge in [0.1, 0.15) is 0 Å². The Kier molecular flexibility index (Phi) is 6.86. The second-order valence-corrected chi connectivity index (χ2v) is 5.78. The highest BCUT2D eigenvalue weighted by Gasteiger charge is 2.05. The molecule has 1 rings (SSSR count). The number of benzene rings is 1. The van der Waals surface area contributed by atoms with Crippen LogP contribution in [-0.2, 0) is 4.43 Å². The Morgan fingerprint density at radius 1 is 1.22 bits per heavy atom. The predicted molar refractivity (Wildman–Crippen MR) is 81.6 cm³/mol. The molecule has 1 aromatic rings. The van der Waals surface area contributed by atoms with E-state index in [0.29, 0.717) is 5.92 Å². The van der Waals surface area contributed by atoms with Crippen LogP contribution in [0.2, 0.25) is 0 Å². The van der Waals surface area contributed by atoms with Crippen molar-refractivity contribution in [2.45, 2.75) is 12.8 Å². The summed E-state index contributed by atoms with van der Waals surface area (Å²) in [6, 6.07) is 8.07. The summed E-state index contributed by atoms with van der Waals surface area (Å²) < 4.78 is 5.85. The van der Waals surface area contributed by atoms with E-state index in [1.54, 1.807) is 0 Å². The van der Waals surface area contributed by atoms with Gasteiger partial charge in [-0.05, 0) is 36.1 Å². The van der Waals surface area contributed by atoms with Gasteiger partial charge in [-0.15, -0.1) is 19.6 Å². The van der Waals surface area contributed by atoms with Crippen molar-refractivity contribution in [3.63, 3.8) is 0 Å². The molecule has 0 fully saturated rings. The number of allylic oxidation sites excluding steroid dienone is 2. The maximum Gasteiger partial charge on any atom is 0.192 e. The van der Waals surface area contributed by atoms with Gasteiger partial charge < -0.3 is 4.43 Å². The molecule has 0 aliphatic heterocycles. The van der Waals surface area contributed by atoms with Crippen molar-refractivity contribution in [3.8, 4) is 12.3 Å². The maximum absolute atomic E-state index is 5.85. The zero-order valence-corrected chi connectivity index (χ0v) is 12.2. The fraction of sp³-hybridized carbons (Fsp3) is 0.250. The van der Waals surface area contributed by atoms with Crippen molar-refractivity contribution < 1.29 is 4.43 Å². The first kappa shape index (κ1) is 14.5. The highest BCUT2D eigenvalue weighted by atomic mass is 28.2. The van der Waals surface area contributed by atoms with Gasteiger partial charge in [-0.25, -0.2) is 0 Å². The Hall–Kier alpha value is -1.56. The standard InChI is InChI=1S/C16H20OSi/c1-4-7-15(8-5-2)13-17-18-16-11-9-14(6-3)10-12-16/h3-5,9-12,15H,1-2,7-8,13,18H2. The fourth-order valence-electron chi connectivity index (χ4n) is 1.74. The Bertz CT molecular complexity index is 404. The molecule has 18 heavy (non-hydrogen) atoms. The van der Waals surface area contributed by atoms with Gasteiger partial charge in [0.15, 0.2) is 9.76 Å². The fourth-order valence-corrected chi connectivity index (χ4v) is 2.86. The second-order valence-electron chi connectivity index (χ2n) is 4.27. The monoisotopic (exact) mass is 256 g/mol.